The normalized spacial score (nSPS) is 9.56. The lowest BCUT2D eigenvalue weighted by molar-refractivity contribution is 1.02. The first kappa shape index (κ1) is 6.42. The summed E-state index contributed by atoms with van der Waals surface area (Å²) in [5, 5.41) is 0. The number of nitrogens with zero attached hydrogens (tertiary/aromatic N) is 1. The molecule has 0 unspecified atom stereocenters. The monoisotopic (exact) mass is 140 g/mol. The third-order valence-electron chi connectivity index (χ3n) is 1.10. The van der Waals surface area contributed by atoms with Gasteiger partial charge in [-0.2, -0.15) is 0 Å². The predicted octanol–water partition coefficient (Wildman–Crippen LogP) is 1.76. The van der Waals surface area contributed by atoms with Gasteiger partial charge in [0.05, 0.1) is 0 Å². The molecule has 1 heterocycles. The van der Waals surface area contributed by atoms with Gasteiger partial charge in [0, 0.05) is 11.8 Å². The molecule has 0 bridgehead atoms. The number of hydrogen-bond acceptors (Lipinski definition) is 2. The molecule has 1 rings (SSSR count). The van der Waals surface area contributed by atoms with E-state index in [9.17, 15) is 0 Å². The van der Waals surface area contributed by atoms with E-state index in [0.29, 0.717) is 0 Å². The van der Waals surface area contributed by atoms with Crippen LogP contribution >= 0.6 is 12.2 Å². The van der Waals surface area contributed by atoms with Crippen LogP contribution in [0.4, 0.5) is 0 Å². The van der Waals surface area contributed by atoms with Crippen LogP contribution in [0, 0.1) is 18.5 Å². The lowest BCUT2D eigenvalue weighted by Gasteiger charge is -1.92. The van der Waals surface area contributed by atoms with E-state index in [0.717, 1.165) is 16.0 Å². The Morgan fingerprint density at radius 1 is 1.56 bits per heavy atom. The highest BCUT2D eigenvalue weighted by Gasteiger charge is 1.86. The minimum absolute atomic E-state index is 0.780. The zero-order chi connectivity index (χ0) is 6.85. The molecular formula is C6H8N2S. The quantitative estimate of drug-likeness (QED) is 0.556. The Hall–Kier alpha value is -0.700. The van der Waals surface area contributed by atoms with Crippen LogP contribution in [0.2, 0.25) is 0 Å². The predicted molar refractivity (Wildman–Crippen MR) is 38.9 cm³/mol. The third kappa shape index (κ3) is 1.36. The summed E-state index contributed by atoms with van der Waals surface area (Å²) in [6.07, 6.45) is 1.77. The molecule has 0 saturated heterocycles. The largest absolute Gasteiger partial charge is 0.335 e. The van der Waals surface area contributed by atoms with Crippen molar-refractivity contribution in [1.82, 2.24) is 9.97 Å². The highest BCUT2D eigenvalue weighted by atomic mass is 32.1. The van der Waals surface area contributed by atoms with Gasteiger partial charge in [0.1, 0.15) is 10.5 Å². The summed E-state index contributed by atoms with van der Waals surface area (Å²) in [5.41, 5.74) is 1.02. The van der Waals surface area contributed by atoms with Gasteiger partial charge in [-0.05, 0) is 13.8 Å². The van der Waals surface area contributed by atoms with Crippen LogP contribution in [0.5, 0.6) is 0 Å². The molecule has 1 N–H and O–H groups in total. The van der Waals surface area contributed by atoms with Gasteiger partial charge in [-0.3, -0.25) is 0 Å². The number of hydrogen-bond donors (Lipinski definition) is 1. The van der Waals surface area contributed by atoms with E-state index in [4.69, 9.17) is 12.2 Å². The maximum Gasteiger partial charge on any atom is 0.109 e. The number of rotatable bonds is 0. The van der Waals surface area contributed by atoms with E-state index in [1.165, 1.54) is 0 Å². The summed E-state index contributed by atoms with van der Waals surface area (Å²) in [6.45, 7) is 3.82. The molecule has 0 aliphatic heterocycles. The lowest BCUT2D eigenvalue weighted by atomic mass is 10.4. The fraction of sp³-hybridized carbons (Fsp3) is 0.333. The number of aromatic nitrogens is 2. The van der Waals surface area contributed by atoms with Gasteiger partial charge in [0.25, 0.3) is 0 Å². The average Bonchev–Trinajstić information content (AvgIpc) is 1.80. The third-order valence-corrected chi connectivity index (χ3v) is 1.53. The summed E-state index contributed by atoms with van der Waals surface area (Å²) in [6, 6.07) is 0. The smallest absolute Gasteiger partial charge is 0.109 e. The Bertz CT molecular complexity index is 264. The van der Waals surface area contributed by atoms with Gasteiger partial charge in [-0.15, -0.1) is 0 Å². The van der Waals surface area contributed by atoms with Crippen molar-refractivity contribution in [2.24, 2.45) is 0 Å². The second-order valence-electron chi connectivity index (χ2n) is 1.98. The molecule has 0 spiro atoms. The number of aryl methyl sites for hydroxylation is 2. The second-order valence-corrected chi connectivity index (χ2v) is 2.39. The summed E-state index contributed by atoms with van der Waals surface area (Å²) >= 11 is 4.95. The standard InChI is InChI=1S/C6H8N2S/c1-4-3-7-5(2)8-6(4)9/h3H,1-2H3,(H,7,8,9). The molecule has 0 aliphatic carbocycles. The second kappa shape index (κ2) is 2.27. The molecule has 0 radical (unpaired) electrons. The van der Waals surface area contributed by atoms with E-state index in [2.05, 4.69) is 9.97 Å². The van der Waals surface area contributed by atoms with Crippen LogP contribution in [0.25, 0.3) is 0 Å². The SMILES string of the molecule is Cc1ncc(C)c(=S)[nH]1. The summed E-state index contributed by atoms with van der Waals surface area (Å²) < 4.78 is 0.780. The highest BCUT2D eigenvalue weighted by Crippen LogP contribution is 1.94. The van der Waals surface area contributed by atoms with Gasteiger partial charge < -0.3 is 4.98 Å². The van der Waals surface area contributed by atoms with Gasteiger partial charge in [0.15, 0.2) is 0 Å². The van der Waals surface area contributed by atoms with E-state index in [1.54, 1.807) is 6.20 Å². The molecule has 48 valence electrons. The van der Waals surface area contributed by atoms with Crippen LogP contribution in [0.3, 0.4) is 0 Å². The topological polar surface area (TPSA) is 28.7 Å². The van der Waals surface area contributed by atoms with Gasteiger partial charge in [-0.1, -0.05) is 12.2 Å². The molecule has 1 aromatic heterocycles. The molecule has 9 heavy (non-hydrogen) atoms. The Morgan fingerprint density at radius 3 is 2.67 bits per heavy atom. The van der Waals surface area contributed by atoms with Crippen molar-refractivity contribution in [1.29, 1.82) is 0 Å². The number of nitrogens with one attached hydrogen (secondary N) is 1. The van der Waals surface area contributed by atoms with Crippen molar-refractivity contribution >= 4 is 12.2 Å². The minimum atomic E-state index is 0.780. The van der Waals surface area contributed by atoms with Gasteiger partial charge >= 0.3 is 0 Å². The van der Waals surface area contributed by atoms with Gasteiger partial charge in [0.2, 0.25) is 0 Å². The van der Waals surface area contributed by atoms with Crippen LogP contribution in [0.15, 0.2) is 6.20 Å². The molecular weight excluding hydrogens is 132 g/mol. The number of H-pyrrole nitrogens is 1. The molecule has 0 amide bonds. The lowest BCUT2D eigenvalue weighted by Crippen LogP contribution is -1.88. The van der Waals surface area contributed by atoms with Crippen LogP contribution in [0.1, 0.15) is 11.4 Å². The van der Waals surface area contributed by atoms with Crippen molar-refractivity contribution in [3.63, 3.8) is 0 Å². The van der Waals surface area contributed by atoms with Crippen molar-refractivity contribution < 1.29 is 0 Å². The first-order valence-electron chi connectivity index (χ1n) is 2.72. The molecule has 3 heteroatoms. The maximum absolute atomic E-state index is 4.95. The average molecular weight is 140 g/mol. The summed E-state index contributed by atoms with van der Waals surface area (Å²) in [4.78, 5) is 6.96. The minimum Gasteiger partial charge on any atom is -0.335 e. The first-order valence-corrected chi connectivity index (χ1v) is 3.13. The molecule has 0 fully saturated rings. The zero-order valence-electron chi connectivity index (χ0n) is 5.43. The zero-order valence-corrected chi connectivity index (χ0v) is 6.25. The maximum atomic E-state index is 4.95. The molecule has 0 saturated carbocycles. The van der Waals surface area contributed by atoms with Crippen molar-refractivity contribution in [3.05, 3.63) is 22.2 Å². The van der Waals surface area contributed by atoms with E-state index in [-0.39, 0.29) is 0 Å². The van der Waals surface area contributed by atoms with E-state index >= 15 is 0 Å². The molecule has 2 nitrogen and oxygen atoms in total. The summed E-state index contributed by atoms with van der Waals surface area (Å²) in [5.74, 6) is 0.866. The molecule has 0 aromatic carbocycles. The van der Waals surface area contributed by atoms with Crippen LogP contribution in [-0.2, 0) is 0 Å². The Labute approximate surface area is 59.0 Å². The molecule has 1 aromatic rings. The first-order chi connectivity index (χ1) is 4.20. The Morgan fingerprint density at radius 2 is 2.22 bits per heavy atom. The number of aromatic amines is 1. The van der Waals surface area contributed by atoms with Crippen LogP contribution in [-0.4, -0.2) is 9.97 Å². The Balaban J connectivity index is 3.34. The molecule has 0 aliphatic rings. The fourth-order valence-corrected chi connectivity index (χ4v) is 0.748. The van der Waals surface area contributed by atoms with Gasteiger partial charge in [-0.25, -0.2) is 4.98 Å². The van der Waals surface area contributed by atoms with Crippen molar-refractivity contribution in [3.8, 4) is 0 Å². The van der Waals surface area contributed by atoms with E-state index < -0.39 is 0 Å². The molecule has 0 atom stereocenters. The van der Waals surface area contributed by atoms with E-state index in [1.807, 2.05) is 13.8 Å². The van der Waals surface area contributed by atoms with Crippen molar-refractivity contribution in [2.75, 3.05) is 0 Å². The van der Waals surface area contributed by atoms with Crippen LogP contribution < -0.4 is 0 Å². The fourth-order valence-electron chi connectivity index (χ4n) is 0.547. The summed E-state index contributed by atoms with van der Waals surface area (Å²) in [7, 11) is 0. The highest BCUT2D eigenvalue weighted by molar-refractivity contribution is 7.71. The van der Waals surface area contributed by atoms with Crippen molar-refractivity contribution in [2.45, 2.75) is 13.8 Å². The Kier molecular flexibility index (Phi) is 1.62.